The van der Waals surface area contributed by atoms with Crippen molar-refractivity contribution in [3.63, 3.8) is 0 Å². The summed E-state index contributed by atoms with van der Waals surface area (Å²) in [5.41, 5.74) is 7.06. The Labute approximate surface area is 240 Å². The summed E-state index contributed by atoms with van der Waals surface area (Å²) >= 11 is 0. The number of fused-ring (bicyclic) bond motifs is 1. The van der Waals surface area contributed by atoms with E-state index in [0.717, 1.165) is 94.9 Å². The zero-order chi connectivity index (χ0) is 28.3. The number of nitrogens with zero attached hydrogens (tertiary/aromatic N) is 3. The molecule has 2 aliphatic heterocycles. The number of aliphatic hydroxyl groups excluding tert-OH is 1. The van der Waals surface area contributed by atoms with Crippen LogP contribution in [-0.2, 0) is 0 Å². The Morgan fingerprint density at radius 1 is 0.951 bits per heavy atom. The van der Waals surface area contributed by atoms with Crippen LogP contribution in [0.5, 0.6) is 0 Å². The maximum Gasteiger partial charge on any atom is 0.224 e. The molecule has 0 radical (unpaired) electrons. The molecule has 2 saturated carbocycles. The molecule has 2 atom stereocenters. The fourth-order valence-corrected chi connectivity index (χ4v) is 6.83. The number of hydrogen-bond acceptors (Lipinski definition) is 10. The zero-order valence-electron chi connectivity index (χ0n) is 23.5. The molecule has 4 aliphatic rings. The first-order valence-corrected chi connectivity index (χ1v) is 15.2. The van der Waals surface area contributed by atoms with E-state index in [9.17, 15) is 13.9 Å². The van der Waals surface area contributed by atoms with Gasteiger partial charge in [-0.2, -0.15) is 4.98 Å². The Morgan fingerprint density at radius 2 is 1.71 bits per heavy atom. The number of anilines is 4. The molecule has 10 nitrogen and oxygen atoms in total. The fraction of sp³-hybridized carbons (Fsp3) is 0.655. The van der Waals surface area contributed by atoms with Gasteiger partial charge >= 0.3 is 0 Å². The van der Waals surface area contributed by atoms with E-state index in [1.807, 2.05) is 0 Å². The maximum atomic E-state index is 14.7. The highest BCUT2D eigenvalue weighted by molar-refractivity contribution is 5.74. The van der Waals surface area contributed by atoms with E-state index >= 15 is 0 Å². The molecule has 2 unspecified atom stereocenters. The van der Waals surface area contributed by atoms with E-state index in [1.165, 1.54) is 12.1 Å². The number of rotatable bonds is 8. The van der Waals surface area contributed by atoms with Gasteiger partial charge in [0.25, 0.3) is 0 Å². The summed E-state index contributed by atoms with van der Waals surface area (Å²) < 4.78 is 28.2. The van der Waals surface area contributed by atoms with Gasteiger partial charge in [-0.15, -0.1) is 0 Å². The first-order valence-electron chi connectivity index (χ1n) is 15.2. The molecule has 6 rings (SSSR count). The highest BCUT2D eigenvalue weighted by Crippen LogP contribution is 2.40. The van der Waals surface area contributed by atoms with Gasteiger partial charge in [-0.3, -0.25) is 5.32 Å². The number of aliphatic hydroxyl groups is 1. The number of nitrogens with one attached hydrogen (secondary N) is 5. The quantitative estimate of drug-likeness (QED) is 0.237. The summed E-state index contributed by atoms with van der Waals surface area (Å²) in [6.07, 6.45) is 10.2. The van der Waals surface area contributed by atoms with E-state index in [4.69, 9.17) is 10.7 Å². The molecule has 0 amide bonds. The number of nitrogens with two attached hydrogens (primary N) is 1. The Bertz CT molecular complexity index is 1170. The molecule has 0 bridgehead atoms. The Hall–Kier alpha value is -2.80. The monoisotopic (exact) mass is 571 g/mol. The normalized spacial score (nSPS) is 29.5. The highest BCUT2D eigenvalue weighted by atomic mass is 19.1. The number of piperidine rings is 1. The minimum Gasteiger partial charge on any atom is -0.378 e. The Kier molecular flexibility index (Phi) is 8.71. The van der Waals surface area contributed by atoms with Gasteiger partial charge in [0, 0.05) is 30.2 Å². The van der Waals surface area contributed by atoms with Gasteiger partial charge in [0.15, 0.2) is 12.1 Å². The number of benzene rings is 1. The topological polar surface area (TPSA) is 135 Å². The van der Waals surface area contributed by atoms with Gasteiger partial charge in [0.1, 0.15) is 17.9 Å². The molecular weight excluding hydrogens is 528 g/mol. The van der Waals surface area contributed by atoms with E-state index in [2.05, 4.69) is 36.5 Å². The lowest BCUT2D eigenvalue weighted by Gasteiger charge is -2.40. The molecule has 41 heavy (non-hydrogen) atoms. The van der Waals surface area contributed by atoms with Crippen LogP contribution in [0, 0.1) is 17.6 Å². The van der Waals surface area contributed by atoms with Crippen molar-refractivity contribution in [2.75, 3.05) is 33.9 Å². The molecule has 2 aromatic rings. The van der Waals surface area contributed by atoms with Gasteiger partial charge in [-0.05, 0) is 95.3 Å². The van der Waals surface area contributed by atoms with Crippen LogP contribution < -0.4 is 37.2 Å². The summed E-state index contributed by atoms with van der Waals surface area (Å²) in [7, 11) is 0. The van der Waals surface area contributed by atoms with Crippen LogP contribution in [0.1, 0.15) is 64.2 Å². The molecule has 12 heteroatoms. The fourth-order valence-electron chi connectivity index (χ4n) is 6.83. The summed E-state index contributed by atoms with van der Waals surface area (Å²) in [5, 5.41) is 27.9. The van der Waals surface area contributed by atoms with Crippen molar-refractivity contribution in [3.8, 4) is 0 Å². The second kappa shape index (κ2) is 12.6. The van der Waals surface area contributed by atoms with E-state index < -0.39 is 24.2 Å². The van der Waals surface area contributed by atoms with Crippen LogP contribution in [0.4, 0.5) is 31.9 Å². The first-order chi connectivity index (χ1) is 19.9. The molecule has 1 saturated heterocycles. The lowest BCUT2D eigenvalue weighted by Crippen LogP contribution is -2.52. The molecule has 0 spiro atoms. The lowest BCUT2D eigenvalue weighted by atomic mass is 9.84. The lowest BCUT2D eigenvalue weighted by molar-refractivity contribution is 0.0378. The van der Waals surface area contributed by atoms with Crippen molar-refractivity contribution >= 4 is 23.1 Å². The van der Waals surface area contributed by atoms with Gasteiger partial charge in [0.2, 0.25) is 5.95 Å². The second-order valence-corrected chi connectivity index (χ2v) is 12.1. The number of aromatic nitrogens is 2. The van der Waals surface area contributed by atoms with Crippen molar-refractivity contribution in [3.05, 3.63) is 36.0 Å². The highest BCUT2D eigenvalue weighted by Gasteiger charge is 2.39. The largest absolute Gasteiger partial charge is 0.378 e. The predicted molar refractivity (Wildman–Crippen MR) is 157 cm³/mol. The minimum atomic E-state index is -0.650. The molecule has 3 fully saturated rings. The third-order valence-corrected chi connectivity index (χ3v) is 9.24. The van der Waals surface area contributed by atoms with Crippen molar-refractivity contribution in [2.45, 2.75) is 101 Å². The van der Waals surface area contributed by atoms with Crippen LogP contribution in [-0.4, -0.2) is 64.8 Å². The van der Waals surface area contributed by atoms with Gasteiger partial charge in [-0.25, -0.2) is 13.8 Å². The third kappa shape index (κ3) is 6.66. The Morgan fingerprint density at radius 3 is 2.44 bits per heavy atom. The van der Waals surface area contributed by atoms with Crippen LogP contribution in [0.3, 0.4) is 0 Å². The van der Waals surface area contributed by atoms with Gasteiger partial charge in [0.05, 0.1) is 17.6 Å². The number of hydrogen-bond donors (Lipinski definition) is 7. The van der Waals surface area contributed by atoms with E-state index in [0.29, 0.717) is 12.0 Å². The van der Waals surface area contributed by atoms with E-state index in [-0.39, 0.29) is 29.7 Å². The molecule has 224 valence electrons. The minimum absolute atomic E-state index is 0.113. The predicted octanol–water partition coefficient (Wildman–Crippen LogP) is 3.28. The molecule has 2 aliphatic carbocycles. The molecular formula is C29H43F2N9O. The molecule has 3 heterocycles. The van der Waals surface area contributed by atoms with Gasteiger partial charge in [-0.1, -0.05) is 0 Å². The van der Waals surface area contributed by atoms with Gasteiger partial charge < -0.3 is 37.0 Å². The Balaban J connectivity index is 1.17. The van der Waals surface area contributed by atoms with Crippen molar-refractivity contribution in [1.82, 2.24) is 20.6 Å². The third-order valence-electron chi connectivity index (χ3n) is 9.24. The molecule has 1 aromatic heterocycles. The molecule has 8 N–H and O–H groups in total. The SMILES string of the molecule is NC1CCC(Nc2ncc3c(n2)N(C2CCC(C(O)NC4CCNCC4)CC2)C(Nc2ccc(F)cc2F)N3)CC1. The summed E-state index contributed by atoms with van der Waals surface area (Å²) in [4.78, 5) is 11.7. The summed E-state index contributed by atoms with van der Waals surface area (Å²) in [6, 6.07) is 4.55. The van der Waals surface area contributed by atoms with Crippen LogP contribution >= 0.6 is 0 Å². The van der Waals surface area contributed by atoms with Crippen molar-refractivity contribution in [1.29, 1.82) is 0 Å². The zero-order valence-corrected chi connectivity index (χ0v) is 23.5. The van der Waals surface area contributed by atoms with Crippen LogP contribution in [0.2, 0.25) is 0 Å². The summed E-state index contributed by atoms with van der Waals surface area (Å²) in [5.74, 6) is 0.236. The molecule has 1 aromatic carbocycles. The average Bonchev–Trinajstić information content (AvgIpc) is 3.33. The average molecular weight is 572 g/mol. The van der Waals surface area contributed by atoms with Crippen molar-refractivity contribution in [2.24, 2.45) is 11.7 Å². The van der Waals surface area contributed by atoms with Crippen LogP contribution in [0.15, 0.2) is 24.4 Å². The summed E-state index contributed by atoms with van der Waals surface area (Å²) in [6.45, 7) is 1.96. The number of halogens is 2. The van der Waals surface area contributed by atoms with Crippen LogP contribution in [0.25, 0.3) is 0 Å². The second-order valence-electron chi connectivity index (χ2n) is 12.1. The van der Waals surface area contributed by atoms with E-state index in [1.54, 1.807) is 6.20 Å². The smallest absolute Gasteiger partial charge is 0.224 e. The maximum absolute atomic E-state index is 14.7. The first kappa shape index (κ1) is 28.3. The standard InChI is InChI=1S/C29H43F2N9O/c30-18-3-10-24(23(31)15-18)37-29-38-25-16-34-28(36-20-6-4-19(32)5-7-20)39-26(25)40(29)22-8-1-17(2-9-22)27(41)35-21-11-13-33-14-12-21/h3,10,15-17,19-22,27,29,33,35,37-38,41H,1-2,4-9,11-14,32H2,(H,34,36,39). The van der Waals surface area contributed by atoms with Crippen molar-refractivity contribution < 1.29 is 13.9 Å².